The van der Waals surface area contributed by atoms with Gasteiger partial charge in [0.2, 0.25) is 0 Å². The highest BCUT2D eigenvalue weighted by atomic mass is 79.9. The van der Waals surface area contributed by atoms with Crippen molar-refractivity contribution >= 4 is 39.9 Å². The van der Waals surface area contributed by atoms with Gasteiger partial charge in [0.15, 0.2) is 0 Å². The molecule has 0 radical (unpaired) electrons. The molecule has 16 heavy (non-hydrogen) atoms. The molecule has 0 saturated heterocycles. The van der Waals surface area contributed by atoms with Crippen molar-refractivity contribution in [1.82, 2.24) is 0 Å². The topological polar surface area (TPSA) is 0 Å². The molecule has 0 spiro atoms. The molecule has 0 amide bonds. The Morgan fingerprint density at radius 1 is 1.25 bits per heavy atom. The first-order valence-electron chi connectivity index (χ1n) is 6.15. The predicted octanol–water partition coefficient (Wildman–Crippen LogP) is 6.69. The van der Waals surface area contributed by atoms with Gasteiger partial charge in [0.05, 0.1) is 11.5 Å². The van der Waals surface area contributed by atoms with Gasteiger partial charge in [0, 0.05) is 0 Å². The third-order valence-electron chi connectivity index (χ3n) is 4.06. The van der Waals surface area contributed by atoms with Crippen molar-refractivity contribution < 1.29 is 0 Å². The zero-order valence-electron chi connectivity index (χ0n) is 11.5. The first-order valence-corrected chi connectivity index (χ1v) is 10.8. The van der Waals surface area contributed by atoms with Crippen LogP contribution in [0.25, 0.3) is 0 Å². The van der Waals surface area contributed by atoms with Gasteiger partial charge >= 0.3 is 0 Å². The predicted molar refractivity (Wildman–Crippen MR) is 86.4 cm³/mol. The van der Waals surface area contributed by atoms with Crippen molar-refractivity contribution in [3.63, 3.8) is 0 Å². The number of rotatable bonds is 5. The minimum Gasteiger partial charge on any atom is -0.0685 e. The standard InChI is InChI=1S/C13H26Br2Si/c1-7-8-9-11(10-12(14)15)16(5,6)13(2,3)4/h10-11H,7-9H2,1-6H3. The Bertz CT molecular complexity index is 235. The van der Waals surface area contributed by atoms with E-state index in [1.807, 2.05) is 0 Å². The lowest BCUT2D eigenvalue weighted by Gasteiger charge is -2.42. The minimum atomic E-state index is -1.27. The van der Waals surface area contributed by atoms with Crippen molar-refractivity contribution in [2.24, 2.45) is 0 Å². The quantitative estimate of drug-likeness (QED) is 0.473. The van der Waals surface area contributed by atoms with Gasteiger partial charge in [-0.15, -0.1) is 0 Å². The second kappa shape index (κ2) is 6.74. The van der Waals surface area contributed by atoms with E-state index < -0.39 is 8.07 Å². The summed E-state index contributed by atoms with van der Waals surface area (Å²) in [5.74, 6) is 0. The van der Waals surface area contributed by atoms with Crippen LogP contribution in [0.2, 0.25) is 23.7 Å². The summed E-state index contributed by atoms with van der Waals surface area (Å²) in [6.45, 7) is 14.5. The smallest absolute Gasteiger partial charge is 0.0597 e. The molecule has 0 rings (SSSR count). The Labute approximate surface area is 120 Å². The normalized spacial score (nSPS) is 14.8. The summed E-state index contributed by atoms with van der Waals surface area (Å²) >= 11 is 7.05. The van der Waals surface area contributed by atoms with Gasteiger partial charge in [0.25, 0.3) is 0 Å². The second-order valence-electron chi connectivity index (χ2n) is 6.18. The molecule has 0 aromatic carbocycles. The average molecular weight is 370 g/mol. The molecule has 0 aliphatic carbocycles. The van der Waals surface area contributed by atoms with Crippen molar-refractivity contribution in [1.29, 1.82) is 0 Å². The highest BCUT2D eigenvalue weighted by Gasteiger charge is 2.40. The molecule has 0 fully saturated rings. The molecule has 3 heteroatoms. The fourth-order valence-electron chi connectivity index (χ4n) is 1.78. The SMILES string of the molecule is CCCCC(C=C(Br)Br)[Si](C)(C)C(C)(C)C. The minimum absolute atomic E-state index is 0.456. The van der Waals surface area contributed by atoms with Crippen LogP contribution >= 0.6 is 31.9 Å². The van der Waals surface area contributed by atoms with Crippen molar-refractivity contribution in [2.75, 3.05) is 0 Å². The van der Waals surface area contributed by atoms with Crippen LogP contribution in [-0.2, 0) is 0 Å². The summed E-state index contributed by atoms with van der Waals surface area (Å²) in [6, 6.07) is 0. The largest absolute Gasteiger partial charge is 0.0685 e. The maximum Gasteiger partial charge on any atom is 0.0597 e. The van der Waals surface area contributed by atoms with E-state index in [0.29, 0.717) is 5.04 Å². The summed E-state index contributed by atoms with van der Waals surface area (Å²) in [5, 5.41) is 0.456. The monoisotopic (exact) mass is 368 g/mol. The molecule has 0 bridgehead atoms. The third-order valence-corrected chi connectivity index (χ3v) is 10.8. The average Bonchev–Trinajstić information content (AvgIpc) is 2.09. The summed E-state index contributed by atoms with van der Waals surface area (Å²) in [6.07, 6.45) is 6.33. The fourth-order valence-corrected chi connectivity index (χ4v) is 5.53. The van der Waals surface area contributed by atoms with Crippen LogP contribution in [0.1, 0.15) is 47.0 Å². The van der Waals surface area contributed by atoms with Gasteiger partial charge in [-0.25, -0.2) is 0 Å². The lowest BCUT2D eigenvalue weighted by molar-refractivity contribution is 0.656. The molecular weight excluding hydrogens is 344 g/mol. The number of allylic oxidation sites excluding steroid dienone is 1. The van der Waals surface area contributed by atoms with E-state index in [-0.39, 0.29) is 0 Å². The molecule has 0 aliphatic heterocycles. The van der Waals surface area contributed by atoms with Crippen LogP contribution in [0.3, 0.4) is 0 Å². The molecular formula is C13H26Br2Si. The molecule has 0 aliphatic rings. The van der Waals surface area contributed by atoms with E-state index in [1.165, 1.54) is 19.3 Å². The van der Waals surface area contributed by atoms with Crippen molar-refractivity contribution in [3.8, 4) is 0 Å². The maximum atomic E-state index is 3.53. The van der Waals surface area contributed by atoms with Crippen LogP contribution in [0.15, 0.2) is 9.47 Å². The Morgan fingerprint density at radius 2 is 1.75 bits per heavy atom. The van der Waals surface area contributed by atoms with E-state index in [4.69, 9.17) is 0 Å². The summed E-state index contributed by atoms with van der Waals surface area (Å²) < 4.78 is 1.12. The fraction of sp³-hybridized carbons (Fsp3) is 0.846. The summed E-state index contributed by atoms with van der Waals surface area (Å²) in [5.41, 5.74) is 0.751. The van der Waals surface area contributed by atoms with Gasteiger partial charge in [-0.1, -0.05) is 59.7 Å². The lowest BCUT2D eigenvalue weighted by atomic mass is 10.2. The van der Waals surface area contributed by atoms with E-state index in [2.05, 4.69) is 78.7 Å². The van der Waals surface area contributed by atoms with Crippen LogP contribution in [-0.4, -0.2) is 8.07 Å². The number of unbranched alkanes of at least 4 members (excludes halogenated alkanes) is 1. The van der Waals surface area contributed by atoms with Gasteiger partial charge in [-0.2, -0.15) is 0 Å². The van der Waals surface area contributed by atoms with Crippen LogP contribution in [0, 0.1) is 0 Å². The summed E-state index contributed by atoms with van der Waals surface area (Å²) in [7, 11) is -1.27. The Hall–Kier alpha value is 0.917. The highest BCUT2D eigenvalue weighted by molar-refractivity contribution is 9.28. The molecule has 96 valence electrons. The van der Waals surface area contributed by atoms with Crippen LogP contribution in [0.5, 0.6) is 0 Å². The molecule has 0 aromatic rings. The molecule has 0 saturated carbocycles. The van der Waals surface area contributed by atoms with E-state index in [1.54, 1.807) is 0 Å². The third kappa shape index (κ3) is 5.05. The van der Waals surface area contributed by atoms with E-state index in [9.17, 15) is 0 Å². The number of hydrogen-bond acceptors (Lipinski definition) is 0. The molecule has 0 nitrogen and oxygen atoms in total. The van der Waals surface area contributed by atoms with Gasteiger partial charge in [-0.3, -0.25) is 0 Å². The number of hydrogen-bond donors (Lipinski definition) is 0. The van der Waals surface area contributed by atoms with Crippen molar-refractivity contribution in [2.45, 2.75) is 70.6 Å². The highest BCUT2D eigenvalue weighted by Crippen LogP contribution is 2.47. The molecule has 0 N–H and O–H groups in total. The first-order chi connectivity index (χ1) is 7.13. The Morgan fingerprint density at radius 3 is 2.06 bits per heavy atom. The lowest BCUT2D eigenvalue weighted by Crippen LogP contribution is -2.41. The van der Waals surface area contributed by atoms with E-state index >= 15 is 0 Å². The van der Waals surface area contributed by atoms with E-state index in [0.717, 1.165) is 8.93 Å². The summed E-state index contributed by atoms with van der Waals surface area (Å²) in [4.78, 5) is 0. The maximum absolute atomic E-state index is 3.53. The molecule has 0 heterocycles. The Kier molecular flexibility index (Phi) is 7.13. The van der Waals surface area contributed by atoms with Crippen molar-refractivity contribution in [3.05, 3.63) is 9.47 Å². The molecule has 0 aromatic heterocycles. The zero-order valence-corrected chi connectivity index (χ0v) is 15.7. The van der Waals surface area contributed by atoms with Gasteiger partial charge in [-0.05, 0) is 48.9 Å². The number of halogens is 2. The van der Waals surface area contributed by atoms with Gasteiger partial charge < -0.3 is 0 Å². The van der Waals surface area contributed by atoms with Crippen LogP contribution < -0.4 is 0 Å². The second-order valence-corrected chi connectivity index (χ2v) is 14.6. The molecule has 1 atom stereocenters. The van der Waals surface area contributed by atoms with Crippen LogP contribution in [0.4, 0.5) is 0 Å². The Balaban J connectivity index is 4.94. The zero-order chi connectivity index (χ0) is 13.0. The van der Waals surface area contributed by atoms with Gasteiger partial charge in [0.1, 0.15) is 0 Å². The molecule has 1 unspecified atom stereocenters. The first kappa shape index (κ1) is 16.9.